The number of benzene rings is 3. The predicted molar refractivity (Wildman–Crippen MR) is 146 cm³/mol. The van der Waals surface area contributed by atoms with Crippen LogP contribution in [-0.4, -0.2) is 29.6 Å². The highest BCUT2D eigenvalue weighted by Gasteiger charge is 2.36. The summed E-state index contributed by atoms with van der Waals surface area (Å²) in [6.07, 6.45) is -4.85. The molecule has 0 atom stereocenters. The van der Waals surface area contributed by atoms with Gasteiger partial charge in [-0.05, 0) is 56.2 Å². The van der Waals surface area contributed by atoms with Gasteiger partial charge in [0.25, 0.3) is 5.91 Å². The van der Waals surface area contributed by atoms with Gasteiger partial charge in [0.1, 0.15) is 11.5 Å². The third-order valence-electron chi connectivity index (χ3n) is 5.82. The van der Waals surface area contributed by atoms with Crippen LogP contribution in [-0.2, 0) is 22.7 Å². The third kappa shape index (κ3) is 6.64. The lowest BCUT2D eigenvalue weighted by Crippen LogP contribution is -2.40. The van der Waals surface area contributed by atoms with Crippen molar-refractivity contribution in [1.82, 2.24) is 14.5 Å². The molecule has 0 unspecified atom stereocenters. The van der Waals surface area contributed by atoms with E-state index in [4.69, 9.17) is 5.73 Å². The number of nitrogens with one attached hydrogen (secondary N) is 2. The van der Waals surface area contributed by atoms with Gasteiger partial charge < -0.3 is 11.1 Å². The Kier molecular flexibility index (Phi) is 8.07. The van der Waals surface area contributed by atoms with Crippen LogP contribution in [0.1, 0.15) is 42.5 Å². The van der Waals surface area contributed by atoms with Gasteiger partial charge in [-0.25, -0.2) is 22.2 Å². The van der Waals surface area contributed by atoms with Crippen molar-refractivity contribution in [2.24, 2.45) is 5.73 Å². The fourth-order valence-electron chi connectivity index (χ4n) is 4.12. The summed E-state index contributed by atoms with van der Waals surface area (Å²) in [6, 6.07) is 16.4. The molecule has 1 heterocycles. The fraction of sp³-hybridized carbons (Fsp3) is 0.214. The van der Waals surface area contributed by atoms with E-state index in [0.717, 1.165) is 10.7 Å². The molecule has 4 aromatic rings. The van der Waals surface area contributed by atoms with E-state index in [0.29, 0.717) is 11.6 Å². The van der Waals surface area contributed by atoms with Crippen LogP contribution in [0.2, 0.25) is 0 Å². The standard InChI is InChI=1S/C28H27F4N5O3S/c1-27(2,3)36-41(39,40)24-11-7-5-9-19(24)17-12-13-21(20(29)14-17)34-26(38)23-15-25(28(30,31)32)35-37(23)22-10-6-4-8-18(22)16-33/h4-15,36H,16,33H2,1-3H3,(H,34,38). The lowest BCUT2D eigenvalue weighted by molar-refractivity contribution is -0.141. The molecule has 0 spiro atoms. The second kappa shape index (κ2) is 11.1. The minimum atomic E-state index is -4.85. The Morgan fingerprint density at radius 2 is 1.63 bits per heavy atom. The van der Waals surface area contributed by atoms with E-state index < -0.39 is 44.9 Å². The second-order valence-corrected chi connectivity index (χ2v) is 11.8. The van der Waals surface area contributed by atoms with Gasteiger partial charge in [0, 0.05) is 23.7 Å². The molecule has 0 aliphatic rings. The van der Waals surface area contributed by atoms with Crippen LogP contribution >= 0.6 is 0 Å². The SMILES string of the molecule is CC(C)(C)NS(=O)(=O)c1ccccc1-c1ccc(NC(=O)c2cc(C(F)(F)F)nn2-c2ccccc2CN)c(F)c1. The topological polar surface area (TPSA) is 119 Å². The average Bonchev–Trinajstić information content (AvgIpc) is 3.35. The molecule has 0 radical (unpaired) electrons. The Morgan fingerprint density at radius 3 is 2.27 bits per heavy atom. The van der Waals surface area contributed by atoms with Crippen LogP contribution in [0.4, 0.5) is 23.2 Å². The van der Waals surface area contributed by atoms with Gasteiger partial charge in [-0.1, -0.05) is 42.5 Å². The number of hydrogen-bond acceptors (Lipinski definition) is 5. The van der Waals surface area contributed by atoms with E-state index in [1.165, 1.54) is 36.4 Å². The van der Waals surface area contributed by atoms with Gasteiger partial charge in [0.05, 0.1) is 16.3 Å². The minimum absolute atomic E-state index is 0.0308. The summed E-state index contributed by atoms with van der Waals surface area (Å²) in [7, 11) is -3.97. The molecule has 41 heavy (non-hydrogen) atoms. The Balaban J connectivity index is 1.70. The zero-order valence-electron chi connectivity index (χ0n) is 22.3. The van der Waals surface area contributed by atoms with Gasteiger partial charge in [0.2, 0.25) is 10.0 Å². The number of carbonyl (C=O) groups is 1. The largest absolute Gasteiger partial charge is 0.435 e. The molecule has 0 aliphatic carbocycles. The zero-order chi connectivity index (χ0) is 30.2. The molecule has 4 N–H and O–H groups in total. The number of nitrogens with zero attached hydrogens (tertiary/aromatic N) is 2. The van der Waals surface area contributed by atoms with E-state index >= 15 is 4.39 Å². The molecule has 0 saturated heterocycles. The second-order valence-electron chi connectivity index (χ2n) is 10.2. The van der Waals surface area contributed by atoms with Crippen molar-refractivity contribution in [3.8, 4) is 16.8 Å². The summed E-state index contributed by atoms with van der Waals surface area (Å²) >= 11 is 0. The Hall–Kier alpha value is -4.07. The first-order valence-electron chi connectivity index (χ1n) is 12.3. The molecular weight excluding hydrogens is 562 g/mol. The average molecular weight is 590 g/mol. The molecule has 1 aromatic heterocycles. The lowest BCUT2D eigenvalue weighted by atomic mass is 10.0. The first-order chi connectivity index (χ1) is 19.1. The maximum Gasteiger partial charge on any atom is 0.435 e. The third-order valence-corrected chi connectivity index (χ3v) is 7.63. The number of halogens is 4. The highest BCUT2D eigenvalue weighted by Crippen LogP contribution is 2.32. The van der Waals surface area contributed by atoms with Crippen LogP contribution in [0.3, 0.4) is 0 Å². The van der Waals surface area contributed by atoms with Gasteiger partial charge >= 0.3 is 6.18 Å². The molecule has 0 fully saturated rings. The lowest BCUT2D eigenvalue weighted by Gasteiger charge is -2.21. The number of amides is 1. The van der Waals surface area contributed by atoms with Crippen molar-refractivity contribution < 1.29 is 30.8 Å². The Morgan fingerprint density at radius 1 is 0.976 bits per heavy atom. The zero-order valence-corrected chi connectivity index (χ0v) is 23.1. The molecule has 216 valence electrons. The molecule has 4 rings (SSSR count). The normalized spacial score (nSPS) is 12.4. The summed E-state index contributed by atoms with van der Waals surface area (Å²) < 4.78 is 85.2. The number of anilines is 1. The Labute approximate surface area is 234 Å². The van der Waals surface area contributed by atoms with Crippen LogP contribution in [0.25, 0.3) is 16.8 Å². The summed E-state index contributed by atoms with van der Waals surface area (Å²) in [5.74, 6) is -1.99. The molecule has 0 saturated carbocycles. The first-order valence-corrected chi connectivity index (χ1v) is 13.8. The molecule has 0 aliphatic heterocycles. The number of nitrogens with two attached hydrogens (primary N) is 1. The predicted octanol–water partition coefficient (Wildman–Crippen LogP) is 5.49. The number of sulfonamides is 1. The number of alkyl halides is 3. The van der Waals surface area contributed by atoms with E-state index in [1.807, 2.05) is 0 Å². The van der Waals surface area contributed by atoms with Crippen molar-refractivity contribution in [3.05, 3.63) is 95.6 Å². The van der Waals surface area contributed by atoms with Crippen molar-refractivity contribution in [3.63, 3.8) is 0 Å². The summed E-state index contributed by atoms with van der Waals surface area (Å²) in [5, 5.41) is 5.87. The van der Waals surface area contributed by atoms with Crippen molar-refractivity contribution in [1.29, 1.82) is 0 Å². The smallest absolute Gasteiger partial charge is 0.326 e. The quantitative estimate of drug-likeness (QED) is 0.247. The number of carbonyl (C=O) groups excluding carboxylic acids is 1. The van der Waals surface area contributed by atoms with Crippen LogP contribution < -0.4 is 15.8 Å². The van der Waals surface area contributed by atoms with E-state index in [1.54, 1.807) is 45.0 Å². The van der Waals surface area contributed by atoms with Crippen molar-refractivity contribution in [2.45, 2.75) is 43.9 Å². The van der Waals surface area contributed by atoms with Crippen LogP contribution in [0.15, 0.2) is 77.7 Å². The van der Waals surface area contributed by atoms with Crippen molar-refractivity contribution >= 4 is 21.6 Å². The maximum absolute atomic E-state index is 15.2. The van der Waals surface area contributed by atoms with Gasteiger partial charge in [0.15, 0.2) is 5.69 Å². The molecule has 0 bridgehead atoms. The molecular formula is C28H27F4N5O3S. The molecule has 13 heteroatoms. The Bertz CT molecular complexity index is 1710. The number of para-hydroxylation sites is 1. The van der Waals surface area contributed by atoms with E-state index in [9.17, 15) is 26.4 Å². The highest BCUT2D eigenvalue weighted by molar-refractivity contribution is 7.89. The van der Waals surface area contributed by atoms with E-state index in [-0.39, 0.29) is 33.9 Å². The highest BCUT2D eigenvalue weighted by atomic mass is 32.2. The molecule has 1 amide bonds. The number of aromatic nitrogens is 2. The maximum atomic E-state index is 15.2. The van der Waals surface area contributed by atoms with Gasteiger partial charge in [-0.2, -0.15) is 18.3 Å². The van der Waals surface area contributed by atoms with Gasteiger partial charge in [-0.3, -0.25) is 4.79 Å². The van der Waals surface area contributed by atoms with Crippen molar-refractivity contribution in [2.75, 3.05) is 5.32 Å². The summed E-state index contributed by atoms with van der Waals surface area (Å²) in [5.41, 5.74) is 3.83. The number of hydrogen-bond donors (Lipinski definition) is 3. The first kappa shape index (κ1) is 29.9. The monoisotopic (exact) mass is 589 g/mol. The fourth-order valence-corrected chi connectivity index (χ4v) is 5.77. The molecule has 8 nitrogen and oxygen atoms in total. The van der Waals surface area contributed by atoms with E-state index in [2.05, 4.69) is 15.1 Å². The van der Waals surface area contributed by atoms with Crippen LogP contribution in [0, 0.1) is 5.82 Å². The molecule has 3 aromatic carbocycles. The van der Waals surface area contributed by atoms with Gasteiger partial charge in [-0.15, -0.1) is 0 Å². The summed E-state index contributed by atoms with van der Waals surface area (Å²) in [6.45, 7) is 5.02. The summed E-state index contributed by atoms with van der Waals surface area (Å²) in [4.78, 5) is 13.1. The number of rotatable bonds is 7. The van der Waals surface area contributed by atoms with Crippen LogP contribution in [0.5, 0.6) is 0 Å². The minimum Gasteiger partial charge on any atom is -0.326 e.